The van der Waals surface area contributed by atoms with Crippen molar-refractivity contribution in [2.24, 2.45) is 0 Å². The van der Waals surface area contributed by atoms with Gasteiger partial charge in [-0.15, -0.1) is 0 Å². The van der Waals surface area contributed by atoms with Crippen LogP contribution in [0.3, 0.4) is 0 Å². The first-order valence-electron chi connectivity index (χ1n) is 10.6. The van der Waals surface area contributed by atoms with Gasteiger partial charge in [-0.1, -0.05) is 48.5 Å². The molecule has 8 heteroatoms. The van der Waals surface area contributed by atoms with E-state index in [1.54, 1.807) is 0 Å². The SMILES string of the molecule is COCCC(NC(=O)CCCNC(=O)OCC1c2ccccc2-c2ccccc21)C(=O)O. The van der Waals surface area contributed by atoms with Crippen molar-refractivity contribution in [1.82, 2.24) is 10.6 Å². The van der Waals surface area contributed by atoms with Gasteiger partial charge in [-0.2, -0.15) is 0 Å². The van der Waals surface area contributed by atoms with Crippen molar-refractivity contribution in [3.8, 4) is 11.1 Å². The minimum absolute atomic E-state index is 0.0148. The van der Waals surface area contributed by atoms with E-state index in [0.29, 0.717) is 6.42 Å². The standard InChI is InChI=1S/C24H28N2O6/c1-31-14-12-21(23(28)29)26-22(27)11-6-13-25-24(30)32-15-20-18-9-4-2-7-16(18)17-8-3-5-10-19(17)20/h2-5,7-10,20-21H,6,11-15H2,1H3,(H,25,30)(H,26,27)(H,28,29). The Hall–Kier alpha value is -3.39. The molecule has 1 atom stereocenters. The molecule has 0 bridgehead atoms. The summed E-state index contributed by atoms with van der Waals surface area (Å²) < 4.78 is 10.3. The summed E-state index contributed by atoms with van der Waals surface area (Å²) in [5, 5.41) is 14.2. The van der Waals surface area contributed by atoms with E-state index in [1.165, 1.54) is 7.11 Å². The van der Waals surface area contributed by atoms with Crippen LogP contribution in [-0.4, -0.2) is 56.0 Å². The number of amides is 2. The summed E-state index contributed by atoms with van der Waals surface area (Å²) in [6, 6.07) is 15.2. The van der Waals surface area contributed by atoms with Crippen LogP contribution in [0.25, 0.3) is 11.1 Å². The molecule has 8 nitrogen and oxygen atoms in total. The lowest BCUT2D eigenvalue weighted by molar-refractivity contribution is -0.142. The number of rotatable bonds is 11. The highest BCUT2D eigenvalue weighted by atomic mass is 16.5. The molecule has 0 saturated carbocycles. The maximum atomic E-state index is 12.1. The average Bonchev–Trinajstić information content (AvgIpc) is 3.11. The molecule has 2 amide bonds. The highest BCUT2D eigenvalue weighted by molar-refractivity contribution is 5.83. The van der Waals surface area contributed by atoms with Gasteiger partial charge in [0.2, 0.25) is 5.91 Å². The number of carbonyl (C=O) groups excluding carboxylic acids is 2. The second-order valence-electron chi connectivity index (χ2n) is 7.60. The van der Waals surface area contributed by atoms with Crippen molar-refractivity contribution in [2.45, 2.75) is 31.2 Å². The van der Waals surface area contributed by atoms with Crippen molar-refractivity contribution in [1.29, 1.82) is 0 Å². The molecule has 0 spiro atoms. The van der Waals surface area contributed by atoms with Gasteiger partial charge in [0.15, 0.2) is 0 Å². The summed E-state index contributed by atoms with van der Waals surface area (Å²) in [5.74, 6) is -1.51. The Morgan fingerprint density at radius 3 is 2.25 bits per heavy atom. The zero-order chi connectivity index (χ0) is 22.9. The molecule has 0 fully saturated rings. The van der Waals surface area contributed by atoms with Crippen LogP contribution in [0.1, 0.15) is 36.3 Å². The highest BCUT2D eigenvalue weighted by Gasteiger charge is 2.29. The Labute approximate surface area is 186 Å². The molecule has 0 aromatic heterocycles. The zero-order valence-corrected chi connectivity index (χ0v) is 18.0. The van der Waals surface area contributed by atoms with Crippen molar-refractivity contribution in [3.05, 3.63) is 59.7 Å². The third kappa shape index (κ3) is 5.85. The molecule has 3 N–H and O–H groups in total. The molecule has 2 aromatic carbocycles. The molecule has 1 unspecified atom stereocenters. The average molecular weight is 440 g/mol. The van der Waals surface area contributed by atoms with Crippen molar-refractivity contribution in [2.75, 3.05) is 26.9 Å². The van der Waals surface area contributed by atoms with Crippen molar-refractivity contribution in [3.63, 3.8) is 0 Å². The van der Waals surface area contributed by atoms with Gasteiger partial charge in [0, 0.05) is 39.0 Å². The van der Waals surface area contributed by atoms with E-state index < -0.39 is 18.1 Å². The van der Waals surface area contributed by atoms with E-state index in [4.69, 9.17) is 14.6 Å². The largest absolute Gasteiger partial charge is 0.480 e. The number of aliphatic carboxylic acids is 1. The van der Waals surface area contributed by atoms with Crippen LogP contribution in [0.4, 0.5) is 4.79 Å². The van der Waals surface area contributed by atoms with E-state index >= 15 is 0 Å². The van der Waals surface area contributed by atoms with E-state index in [0.717, 1.165) is 22.3 Å². The van der Waals surface area contributed by atoms with Gasteiger partial charge in [0.25, 0.3) is 0 Å². The number of fused-ring (bicyclic) bond motifs is 3. The van der Waals surface area contributed by atoms with Crippen LogP contribution in [-0.2, 0) is 19.1 Å². The molecular formula is C24H28N2O6. The van der Waals surface area contributed by atoms with Crippen LogP contribution >= 0.6 is 0 Å². The number of benzene rings is 2. The number of carbonyl (C=O) groups is 3. The lowest BCUT2D eigenvalue weighted by Crippen LogP contribution is -2.41. The fourth-order valence-electron chi connectivity index (χ4n) is 3.85. The van der Waals surface area contributed by atoms with E-state index in [2.05, 4.69) is 34.9 Å². The van der Waals surface area contributed by atoms with Gasteiger partial charge in [0.1, 0.15) is 12.6 Å². The van der Waals surface area contributed by atoms with Crippen LogP contribution in [0, 0.1) is 0 Å². The Kier molecular flexibility index (Phi) is 8.21. The predicted molar refractivity (Wildman–Crippen MR) is 118 cm³/mol. The summed E-state index contributed by atoms with van der Waals surface area (Å²) in [6.07, 6.45) is 0.110. The predicted octanol–water partition coefficient (Wildman–Crippen LogP) is 2.91. The number of alkyl carbamates (subject to hydrolysis) is 1. The summed E-state index contributed by atoms with van der Waals surface area (Å²) in [6.45, 7) is 0.709. The third-order valence-corrected chi connectivity index (χ3v) is 5.44. The summed E-state index contributed by atoms with van der Waals surface area (Å²) >= 11 is 0. The lowest BCUT2D eigenvalue weighted by Gasteiger charge is -2.15. The quantitative estimate of drug-likeness (QED) is 0.463. The number of nitrogens with one attached hydrogen (secondary N) is 2. The van der Waals surface area contributed by atoms with E-state index in [9.17, 15) is 14.4 Å². The Morgan fingerprint density at radius 1 is 1.03 bits per heavy atom. The molecule has 3 rings (SSSR count). The first-order chi connectivity index (χ1) is 15.5. The second kappa shape index (κ2) is 11.3. The van der Waals surface area contributed by atoms with Gasteiger partial charge < -0.3 is 25.2 Å². The topological polar surface area (TPSA) is 114 Å². The number of ether oxygens (including phenoxy) is 2. The summed E-state index contributed by atoms with van der Waals surface area (Å²) in [7, 11) is 1.47. The van der Waals surface area contributed by atoms with Crippen LogP contribution in [0.2, 0.25) is 0 Å². The highest BCUT2D eigenvalue weighted by Crippen LogP contribution is 2.44. The number of carboxylic acid groups (broad SMARTS) is 1. The van der Waals surface area contributed by atoms with Crippen molar-refractivity contribution < 1.29 is 29.0 Å². The molecular weight excluding hydrogens is 412 g/mol. The van der Waals surface area contributed by atoms with Gasteiger partial charge in [-0.3, -0.25) is 4.79 Å². The molecule has 0 aliphatic heterocycles. The smallest absolute Gasteiger partial charge is 0.407 e. The van der Waals surface area contributed by atoms with E-state index in [1.807, 2.05) is 24.3 Å². The Bertz CT molecular complexity index is 916. The van der Waals surface area contributed by atoms with E-state index in [-0.39, 0.29) is 44.4 Å². The maximum absolute atomic E-state index is 12.1. The number of carboxylic acids is 1. The molecule has 2 aromatic rings. The summed E-state index contributed by atoms with van der Waals surface area (Å²) in [4.78, 5) is 35.2. The lowest BCUT2D eigenvalue weighted by atomic mass is 9.98. The van der Waals surface area contributed by atoms with Gasteiger partial charge >= 0.3 is 12.1 Å². The van der Waals surface area contributed by atoms with Crippen molar-refractivity contribution >= 4 is 18.0 Å². The fraction of sp³-hybridized carbons (Fsp3) is 0.375. The molecule has 0 radical (unpaired) electrons. The number of methoxy groups -OCH3 is 1. The van der Waals surface area contributed by atoms with Gasteiger partial charge in [-0.05, 0) is 28.7 Å². The second-order valence-corrected chi connectivity index (χ2v) is 7.60. The first-order valence-corrected chi connectivity index (χ1v) is 10.6. The number of hydrogen-bond donors (Lipinski definition) is 3. The van der Waals surface area contributed by atoms with Crippen LogP contribution in [0.15, 0.2) is 48.5 Å². The number of hydrogen-bond acceptors (Lipinski definition) is 5. The molecule has 170 valence electrons. The van der Waals surface area contributed by atoms with Gasteiger partial charge in [-0.25, -0.2) is 9.59 Å². The monoisotopic (exact) mass is 440 g/mol. The molecule has 0 saturated heterocycles. The van der Waals surface area contributed by atoms with Crippen LogP contribution < -0.4 is 10.6 Å². The Morgan fingerprint density at radius 2 is 1.66 bits per heavy atom. The fourth-order valence-corrected chi connectivity index (χ4v) is 3.85. The molecule has 32 heavy (non-hydrogen) atoms. The zero-order valence-electron chi connectivity index (χ0n) is 18.0. The maximum Gasteiger partial charge on any atom is 0.407 e. The third-order valence-electron chi connectivity index (χ3n) is 5.44. The normalized spacial score (nSPS) is 13.0. The molecule has 1 aliphatic carbocycles. The molecule has 0 heterocycles. The molecule has 1 aliphatic rings. The van der Waals surface area contributed by atoms with Gasteiger partial charge in [0.05, 0.1) is 0 Å². The Balaban J connectivity index is 1.41. The minimum Gasteiger partial charge on any atom is -0.480 e. The first kappa shape index (κ1) is 23.3. The minimum atomic E-state index is -1.10. The van der Waals surface area contributed by atoms with Crippen LogP contribution in [0.5, 0.6) is 0 Å². The summed E-state index contributed by atoms with van der Waals surface area (Å²) in [5.41, 5.74) is 4.60.